The molecule has 0 radical (unpaired) electrons. The minimum Gasteiger partial charge on any atom is -0.481 e. The van der Waals surface area contributed by atoms with Gasteiger partial charge in [-0.25, -0.2) is 4.79 Å². The first-order chi connectivity index (χ1) is 8.91. The number of rotatable bonds is 6. The van der Waals surface area contributed by atoms with Crippen molar-refractivity contribution in [2.24, 2.45) is 11.3 Å². The lowest BCUT2D eigenvalue weighted by Crippen LogP contribution is -2.46. The molecule has 1 rings (SSSR count). The highest BCUT2D eigenvalue weighted by Crippen LogP contribution is 2.37. The van der Waals surface area contributed by atoms with Gasteiger partial charge in [0.2, 0.25) is 0 Å². The highest BCUT2D eigenvalue weighted by atomic mass is 16.4. The molecule has 1 atom stereocenters. The number of hydrogen-bond acceptors (Lipinski definition) is 2. The Balaban J connectivity index is 2.46. The van der Waals surface area contributed by atoms with Gasteiger partial charge in [0, 0.05) is 20.1 Å². The van der Waals surface area contributed by atoms with Gasteiger partial charge in [0.1, 0.15) is 0 Å². The number of carboxylic acids is 1. The van der Waals surface area contributed by atoms with Gasteiger partial charge in [-0.15, -0.1) is 0 Å². The first-order valence-electron chi connectivity index (χ1n) is 7.13. The van der Waals surface area contributed by atoms with Crippen LogP contribution in [0.4, 0.5) is 4.79 Å². The molecule has 0 bridgehead atoms. The SMILES string of the molecule is CCC(C)CN(C)C(=O)NCC1(C(=O)O)CCCC1. The maximum Gasteiger partial charge on any atom is 0.317 e. The Morgan fingerprint density at radius 2 is 1.95 bits per heavy atom. The molecule has 0 aromatic heterocycles. The lowest BCUT2D eigenvalue weighted by Gasteiger charge is -2.27. The molecule has 1 fully saturated rings. The van der Waals surface area contributed by atoms with Crippen LogP contribution in [0.5, 0.6) is 0 Å². The number of aliphatic carboxylic acids is 1. The maximum absolute atomic E-state index is 11.9. The molecule has 5 nitrogen and oxygen atoms in total. The zero-order valence-electron chi connectivity index (χ0n) is 12.2. The fourth-order valence-electron chi connectivity index (χ4n) is 2.58. The van der Waals surface area contributed by atoms with Crippen LogP contribution in [0.3, 0.4) is 0 Å². The van der Waals surface area contributed by atoms with Gasteiger partial charge in [-0.2, -0.15) is 0 Å². The second-order valence-corrected chi connectivity index (χ2v) is 5.85. The fourth-order valence-corrected chi connectivity index (χ4v) is 2.58. The molecule has 0 spiro atoms. The fraction of sp³-hybridized carbons (Fsp3) is 0.857. The Hall–Kier alpha value is -1.26. The molecule has 0 aromatic rings. The van der Waals surface area contributed by atoms with Crippen LogP contribution < -0.4 is 5.32 Å². The summed E-state index contributed by atoms with van der Waals surface area (Å²) in [6, 6.07) is -0.173. The summed E-state index contributed by atoms with van der Waals surface area (Å²) in [6.07, 6.45) is 4.22. The number of urea groups is 1. The van der Waals surface area contributed by atoms with Gasteiger partial charge >= 0.3 is 12.0 Å². The van der Waals surface area contributed by atoms with E-state index in [2.05, 4.69) is 19.2 Å². The number of carbonyl (C=O) groups excluding carboxylic acids is 1. The summed E-state index contributed by atoms with van der Waals surface area (Å²) in [5, 5.41) is 12.1. The van der Waals surface area contributed by atoms with Gasteiger partial charge in [0.15, 0.2) is 0 Å². The second kappa shape index (κ2) is 6.78. The van der Waals surface area contributed by atoms with Gasteiger partial charge in [-0.3, -0.25) is 4.79 Å². The Labute approximate surface area is 115 Å². The van der Waals surface area contributed by atoms with E-state index in [-0.39, 0.29) is 12.6 Å². The van der Waals surface area contributed by atoms with E-state index in [0.717, 1.165) is 19.3 Å². The normalized spacial score (nSPS) is 18.9. The van der Waals surface area contributed by atoms with E-state index < -0.39 is 11.4 Å². The molecule has 1 unspecified atom stereocenters. The number of carboxylic acid groups (broad SMARTS) is 1. The Kier molecular flexibility index (Phi) is 5.63. The number of nitrogens with zero attached hydrogens (tertiary/aromatic N) is 1. The van der Waals surface area contributed by atoms with E-state index >= 15 is 0 Å². The van der Waals surface area contributed by atoms with Crippen LogP contribution in [0.2, 0.25) is 0 Å². The summed E-state index contributed by atoms with van der Waals surface area (Å²) >= 11 is 0. The molecular formula is C14H26N2O3. The molecule has 19 heavy (non-hydrogen) atoms. The molecule has 0 heterocycles. The van der Waals surface area contributed by atoms with Gasteiger partial charge in [0.25, 0.3) is 0 Å². The highest BCUT2D eigenvalue weighted by molar-refractivity contribution is 5.78. The van der Waals surface area contributed by atoms with Crippen LogP contribution in [0.1, 0.15) is 46.0 Å². The maximum atomic E-state index is 11.9. The third-order valence-electron chi connectivity index (χ3n) is 4.22. The van der Waals surface area contributed by atoms with E-state index in [1.165, 1.54) is 0 Å². The van der Waals surface area contributed by atoms with E-state index in [4.69, 9.17) is 0 Å². The van der Waals surface area contributed by atoms with Crippen molar-refractivity contribution in [2.45, 2.75) is 46.0 Å². The third-order valence-corrected chi connectivity index (χ3v) is 4.22. The van der Waals surface area contributed by atoms with Crippen LogP contribution in [0.15, 0.2) is 0 Å². The molecule has 1 saturated carbocycles. The molecule has 0 aliphatic heterocycles. The molecule has 5 heteroatoms. The van der Waals surface area contributed by atoms with Crippen molar-refractivity contribution in [3.63, 3.8) is 0 Å². The quantitative estimate of drug-likeness (QED) is 0.778. The van der Waals surface area contributed by atoms with E-state index in [9.17, 15) is 14.7 Å². The van der Waals surface area contributed by atoms with Crippen LogP contribution in [0.25, 0.3) is 0 Å². The summed E-state index contributed by atoms with van der Waals surface area (Å²) in [5.41, 5.74) is -0.743. The number of amides is 2. The highest BCUT2D eigenvalue weighted by Gasteiger charge is 2.41. The van der Waals surface area contributed by atoms with Crippen molar-refractivity contribution >= 4 is 12.0 Å². The Bertz CT molecular complexity index is 325. The average Bonchev–Trinajstić information content (AvgIpc) is 2.85. The molecule has 2 N–H and O–H groups in total. The number of hydrogen-bond donors (Lipinski definition) is 2. The van der Waals surface area contributed by atoms with Crippen molar-refractivity contribution in [2.75, 3.05) is 20.1 Å². The van der Waals surface area contributed by atoms with Crippen molar-refractivity contribution in [1.82, 2.24) is 10.2 Å². The summed E-state index contributed by atoms with van der Waals surface area (Å²) < 4.78 is 0. The van der Waals surface area contributed by atoms with Crippen LogP contribution >= 0.6 is 0 Å². The Morgan fingerprint density at radius 3 is 2.42 bits per heavy atom. The monoisotopic (exact) mass is 270 g/mol. The Morgan fingerprint density at radius 1 is 1.37 bits per heavy atom. The second-order valence-electron chi connectivity index (χ2n) is 5.85. The van der Waals surface area contributed by atoms with Crippen molar-refractivity contribution in [3.8, 4) is 0 Å². The number of nitrogens with one attached hydrogen (secondary N) is 1. The first kappa shape index (κ1) is 15.8. The predicted molar refractivity (Wildman–Crippen MR) is 74.0 cm³/mol. The van der Waals surface area contributed by atoms with Crippen molar-refractivity contribution in [3.05, 3.63) is 0 Å². The summed E-state index contributed by atoms with van der Waals surface area (Å²) in [4.78, 5) is 24.9. The number of carbonyl (C=O) groups is 2. The minimum absolute atomic E-state index is 0.173. The van der Waals surface area contributed by atoms with Crippen LogP contribution in [0, 0.1) is 11.3 Å². The molecular weight excluding hydrogens is 244 g/mol. The zero-order valence-corrected chi connectivity index (χ0v) is 12.2. The van der Waals surface area contributed by atoms with Gasteiger partial charge in [-0.1, -0.05) is 33.1 Å². The topological polar surface area (TPSA) is 69.6 Å². The van der Waals surface area contributed by atoms with Gasteiger partial charge in [0.05, 0.1) is 5.41 Å². The standard InChI is InChI=1S/C14H26N2O3/c1-4-11(2)9-16(3)13(19)15-10-14(12(17)18)7-5-6-8-14/h11H,4-10H2,1-3H3,(H,15,19)(H,17,18). The summed E-state index contributed by atoms with van der Waals surface area (Å²) in [7, 11) is 1.75. The lowest BCUT2D eigenvalue weighted by molar-refractivity contribution is -0.148. The molecule has 1 aliphatic carbocycles. The average molecular weight is 270 g/mol. The molecule has 0 aromatic carbocycles. The van der Waals surface area contributed by atoms with Crippen LogP contribution in [-0.2, 0) is 4.79 Å². The van der Waals surface area contributed by atoms with Crippen molar-refractivity contribution < 1.29 is 14.7 Å². The molecule has 0 saturated heterocycles. The van der Waals surface area contributed by atoms with Gasteiger partial charge in [-0.05, 0) is 18.8 Å². The van der Waals surface area contributed by atoms with Crippen LogP contribution in [-0.4, -0.2) is 42.1 Å². The molecule has 1 aliphatic rings. The largest absolute Gasteiger partial charge is 0.481 e. The minimum atomic E-state index is -0.783. The smallest absolute Gasteiger partial charge is 0.317 e. The van der Waals surface area contributed by atoms with E-state index in [1.807, 2.05) is 0 Å². The van der Waals surface area contributed by atoms with Crippen molar-refractivity contribution in [1.29, 1.82) is 0 Å². The summed E-state index contributed by atoms with van der Waals surface area (Å²) in [6.45, 7) is 5.13. The zero-order chi connectivity index (χ0) is 14.5. The summed E-state index contributed by atoms with van der Waals surface area (Å²) in [5.74, 6) is -0.328. The van der Waals surface area contributed by atoms with Gasteiger partial charge < -0.3 is 15.3 Å². The molecule has 2 amide bonds. The lowest BCUT2D eigenvalue weighted by atomic mass is 9.86. The third kappa shape index (κ3) is 4.11. The molecule has 110 valence electrons. The van der Waals surface area contributed by atoms with E-state index in [0.29, 0.717) is 25.3 Å². The predicted octanol–water partition coefficient (Wildman–Crippen LogP) is 2.32. The van der Waals surface area contributed by atoms with E-state index in [1.54, 1.807) is 11.9 Å². The first-order valence-corrected chi connectivity index (χ1v) is 7.13.